The SMILES string of the molecule is COCCOCCOCCOCCOCCOCC(C)OCC(C)OCC(C)OCC(C)OCC(C)OCC(C)OCC(C)OCC(C)OCC(C)OCC(C)OCC(C)OCC(C)OCC(C)OCC(C)OCC(C)OCC(C)OCC(C)OCC(C)OCC(C)OCC(C)OCC(C)OCC(C)OCC(C)OCC(C)OCC(C)OCC(C)OCC(C)OCC(C)OCC(C)[N+](C)(C)C. The fraction of sp³-hybridized carbons (Fsp3) is 1.00. The van der Waals surface area contributed by atoms with E-state index in [0.717, 1.165) is 4.48 Å². The van der Waals surface area contributed by atoms with Crippen LogP contribution in [0.2, 0.25) is 0 Å². The van der Waals surface area contributed by atoms with Gasteiger partial charge in [-0.1, -0.05) is 0 Å². The Hall–Kier alpha value is -1.40. The second-order valence-electron chi connectivity index (χ2n) is 38.5. The van der Waals surface area contributed by atoms with Crippen LogP contribution in [-0.4, -0.2) is 467 Å². The van der Waals surface area contributed by atoms with E-state index in [9.17, 15) is 0 Å². The average molecular weight is 1980 g/mol. The Kier molecular flexibility index (Phi) is 85.8. The zero-order valence-corrected chi connectivity index (χ0v) is 91.6. The summed E-state index contributed by atoms with van der Waals surface area (Å²) in [4.78, 5) is 0. The molecule has 35 nitrogen and oxygen atoms in total. The summed E-state index contributed by atoms with van der Waals surface area (Å²) in [6.45, 7) is 76.0. The van der Waals surface area contributed by atoms with Crippen molar-refractivity contribution < 1.29 is 166 Å². The molecule has 0 spiro atoms. The van der Waals surface area contributed by atoms with Gasteiger partial charge < -0.3 is 166 Å². The number of likely N-dealkylation sites (N-methyl/N-ethyl adjacent to an activating group) is 1. The lowest BCUT2D eigenvalue weighted by Gasteiger charge is -2.32. The molecule has 0 N–H and O–H groups in total. The summed E-state index contributed by atoms with van der Waals surface area (Å²) < 4.78 is 202. The average Bonchev–Trinajstić information content (AvgIpc) is 0.909. The number of nitrogens with zero attached hydrogens (tertiary/aromatic N) is 1. The number of hydrogen-bond donors (Lipinski definition) is 0. The van der Waals surface area contributed by atoms with Crippen molar-refractivity contribution in [2.24, 2.45) is 0 Å². The molecular formula is C101H206NO34+. The Bertz CT molecular complexity index is 2490. The van der Waals surface area contributed by atoms with E-state index in [1.807, 2.05) is 194 Å². The van der Waals surface area contributed by atoms with Crippen LogP contribution in [-0.2, 0) is 161 Å². The Balaban J connectivity index is 4.05. The summed E-state index contributed by atoms with van der Waals surface area (Å²) in [5.41, 5.74) is 0. The largest absolute Gasteiger partial charge is 0.382 e. The molecule has 136 heavy (non-hydrogen) atoms. The minimum atomic E-state index is -0.136. The number of quaternary nitrogens is 1. The minimum Gasteiger partial charge on any atom is -0.382 e. The molecule has 0 saturated carbocycles. The molecule has 818 valence electrons. The zero-order chi connectivity index (χ0) is 102. The van der Waals surface area contributed by atoms with Crippen LogP contribution in [0.1, 0.15) is 201 Å². The van der Waals surface area contributed by atoms with Gasteiger partial charge in [0, 0.05) is 7.11 Å². The molecule has 0 aromatic rings. The quantitative estimate of drug-likeness (QED) is 0.0403. The molecule has 29 unspecified atom stereocenters. The normalized spacial score (nSPS) is 19.0. The maximum absolute atomic E-state index is 6.06. The third-order valence-corrected chi connectivity index (χ3v) is 20.8. The first-order valence-electron chi connectivity index (χ1n) is 50.9. The molecule has 0 saturated heterocycles. The van der Waals surface area contributed by atoms with Crippen molar-refractivity contribution in [2.75, 3.05) is 286 Å². The predicted molar refractivity (Wildman–Crippen MR) is 525 cm³/mol. The lowest BCUT2D eigenvalue weighted by molar-refractivity contribution is -0.894. The van der Waals surface area contributed by atoms with Crippen LogP contribution in [0.3, 0.4) is 0 Å². The summed E-state index contributed by atoms with van der Waals surface area (Å²) >= 11 is 0. The molecule has 0 rings (SSSR count). The molecular weight excluding hydrogens is 1770 g/mol. The Morgan fingerprint density at radius 1 is 0.118 bits per heavy atom. The molecule has 35 heteroatoms. The molecule has 0 fully saturated rings. The smallest absolute Gasteiger partial charge is 0.109 e. The van der Waals surface area contributed by atoms with Gasteiger partial charge in [0.05, 0.1) is 450 Å². The summed E-state index contributed by atoms with van der Waals surface area (Å²) in [7, 11) is 8.16. The third-order valence-electron chi connectivity index (χ3n) is 20.8. The Morgan fingerprint density at radius 3 is 0.309 bits per heavy atom. The topological polar surface area (TPSA) is 314 Å². The van der Waals surface area contributed by atoms with Crippen LogP contribution in [0.5, 0.6) is 0 Å². The second kappa shape index (κ2) is 86.7. The number of methoxy groups -OCH3 is 1. The molecule has 0 heterocycles. The fourth-order valence-corrected chi connectivity index (χ4v) is 11.2. The fourth-order valence-electron chi connectivity index (χ4n) is 11.2. The maximum atomic E-state index is 6.06. The molecule has 0 aliphatic rings. The van der Waals surface area contributed by atoms with E-state index in [0.29, 0.717) is 264 Å². The van der Waals surface area contributed by atoms with Crippen LogP contribution >= 0.6 is 0 Å². The standard InChI is InChI=1S/C101H206NO34/c1-73(102(30,31)32)44-109-75(3)46-111-77(5)48-113-79(7)50-115-81(9)52-117-83(11)54-119-85(13)56-121-87(15)58-123-89(17)60-125-91(19)62-127-93(21)64-129-95(23)66-131-97(25)68-133-99(27)70-135-101(29)72-136-100(28)71-134-98(26)69-132-96(24)67-130-94(22)65-128-92(20)63-126-90(18)61-124-88(16)59-122-86(14)57-120-84(12)55-118-82(10)53-116-80(8)51-114-78(6)49-112-76(4)47-110-74(2)45-108-43-42-107-41-40-106-39-38-105-37-36-104-35-34-103-33/h73-101H,34-72H2,1-33H3/q+1. The summed E-state index contributed by atoms with van der Waals surface area (Å²) in [6, 6.07) is 0.400. The van der Waals surface area contributed by atoms with Gasteiger partial charge in [0.15, 0.2) is 0 Å². The molecule has 0 aliphatic heterocycles. The van der Waals surface area contributed by atoms with Gasteiger partial charge in [0.2, 0.25) is 0 Å². The van der Waals surface area contributed by atoms with Crippen LogP contribution in [0, 0.1) is 0 Å². The summed E-state index contributed by atoms with van der Waals surface area (Å²) in [5.74, 6) is 0. The molecule has 0 aromatic carbocycles. The number of ether oxygens (including phenoxy) is 34. The highest BCUT2D eigenvalue weighted by Crippen LogP contribution is 2.15. The van der Waals surface area contributed by atoms with E-state index in [2.05, 4.69) is 28.1 Å². The van der Waals surface area contributed by atoms with E-state index >= 15 is 0 Å². The van der Waals surface area contributed by atoms with E-state index in [1.54, 1.807) is 7.11 Å². The first kappa shape index (κ1) is 135. The molecule has 0 aromatic heterocycles. The van der Waals surface area contributed by atoms with Gasteiger partial charge in [-0.2, -0.15) is 0 Å². The van der Waals surface area contributed by atoms with Crippen molar-refractivity contribution in [3.63, 3.8) is 0 Å². The van der Waals surface area contributed by atoms with Gasteiger partial charge in [-0.3, -0.25) is 0 Å². The summed E-state index contributed by atoms with van der Waals surface area (Å²) in [6.07, 6.45) is -3.23. The van der Waals surface area contributed by atoms with Crippen molar-refractivity contribution in [2.45, 2.75) is 378 Å². The zero-order valence-electron chi connectivity index (χ0n) is 91.6. The van der Waals surface area contributed by atoms with Crippen molar-refractivity contribution in [3.8, 4) is 0 Å². The molecule has 0 radical (unpaired) electrons. The maximum Gasteiger partial charge on any atom is 0.109 e. The number of hydrogen-bond acceptors (Lipinski definition) is 34. The van der Waals surface area contributed by atoms with E-state index < -0.39 is 0 Å². The summed E-state index contributed by atoms with van der Waals surface area (Å²) in [5, 5.41) is 0. The highest BCUT2D eigenvalue weighted by Gasteiger charge is 2.25. The lowest BCUT2D eigenvalue weighted by atomic mass is 10.3. The van der Waals surface area contributed by atoms with Gasteiger partial charge in [-0.05, 0) is 201 Å². The minimum absolute atomic E-state index is 0.0148. The van der Waals surface area contributed by atoms with Crippen molar-refractivity contribution in [3.05, 3.63) is 0 Å². The number of rotatable bonds is 102. The van der Waals surface area contributed by atoms with Crippen LogP contribution < -0.4 is 0 Å². The van der Waals surface area contributed by atoms with Crippen molar-refractivity contribution >= 4 is 0 Å². The highest BCUT2D eigenvalue weighted by atomic mass is 16.7. The highest BCUT2D eigenvalue weighted by molar-refractivity contribution is 4.68. The van der Waals surface area contributed by atoms with Crippen LogP contribution in [0.15, 0.2) is 0 Å². The van der Waals surface area contributed by atoms with E-state index in [4.69, 9.17) is 161 Å². The van der Waals surface area contributed by atoms with Gasteiger partial charge in [0.25, 0.3) is 0 Å². The predicted octanol–water partition coefficient (Wildman–Crippen LogP) is 12.2. The van der Waals surface area contributed by atoms with Gasteiger partial charge >= 0.3 is 0 Å². The van der Waals surface area contributed by atoms with E-state index in [-0.39, 0.29) is 171 Å². The first-order valence-corrected chi connectivity index (χ1v) is 50.9. The molecule has 0 aliphatic carbocycles. The van der Waals surface area contributed by atoms with Gasteiger partial charge in [-0.25, -0.2) is 0 Å². The van der Waals surface area contributed by atoms with Gasteiger partial charge in [0.1, 0.15) is 6.04 Å². The monoisotopic (exact) mass is 1980 g/mol. The third kappa shape index (κ3) is 86.9. The molecule has 0 amide bonds. The van der Waals surface area contributed by atoms with Crippen LogP contribution in [0.4, 0.5) is 0 Å². The van der Waals surface area contributed by atoms with Crippen molar-refractivity contribution in [1.29, 1.82) is 0 Å². The second-order valence-corrected chi connectivity index (χ2v) is 38.5. The molecule has 0 bridgehead atoms. The van der Waals surface area contributed by atoms with Crippen molar-refractivity contribution in [1.82, 2.24) is 0 Å². The first-order chi connectivity index (χ1) is 64.5. The van der Waals surface area contributed by atoms with E-state index in [1.165, 1.54) is 0 Å². The van der Waals surface area contributed by atoms with Gasteiger partial charge in [-0.15, -0.1) is 0 Å². The van der Waals surface area contributed by atoms with Crippen LogP contribution in [0.25, 0.3) is 0 Å². The molecule has 29 atom stereocenters. The Morgan fingerprint density at radius 2 is 0.206 bits per heavy atom. The lowest BCUT2D eigenvalue weighted by Crippen LogP contribution is -2.46. The Labute approximate surface area is 825 Å².